The minimum absolute atomic E-state index is 0.0695. The van der Waals surface area contributed by atoms with Crippen molar-refractivity contribution in [2.24, 2.45) is 5.92 Å². The third-order valence-electron chi connectivity index (χ3n) is 3.30. The quantitative estimate of drug-likeness (QED) is 0.782. The lowest BCUT2D eigenvalue weighted by molar-refractivity contribution is 0.0692. The SMILES string of the molecule is CC(CC1CC1)NC(=O)Nc1cc(C(=O)O)c(F)cc1F. The Balaban J connectivity index is 2.02. The van der Waals surface area contributed by atoms with Gasteiger partial charge >= 0.3 is 12.0 Å². The first kappa shape index (κ1) is 15.2. The Bertz CT molecular complexity index is 574. The lowest BCUT2D eigenvalue weighted by atomic mass is 10.1. The molecule has 21 heavy (non-hydrogen) atoms. The van der Waals surface area contributed by atoms with Gasteiger partial charge in [0.15, 0.2) is 0 Å². The predicted molar refractivity (Wildman–Crippen MR) is 72.3 cm³/mol. The Morgan fingerprint density at radius 2 is 2.00 bits per heavy atom. The second-order valence-corrected chi connectivity index (χ2v) is 5.30. The summed E-state index contributed by atoms with van der Waals surface area (Å²) in [4.78, 5) is 22.5. The zero-order valence-corrected chi connectivity index (χ0v) is 11.5. The van der Waals surface area contributed by atoms with Gasteiger partial charge in [0.05, 0.1) is 11.3 Å². The molecule has 0 heterocycles. The lowest BCUT2D eigenvalue weighted by Crippen LogP contribution is -2.36. The first-order valence-electron chi connectivity index (χ1n) is 6.66. The number of urea groups is 1. The van der Waals surface area contributed by atoms with Gasteiger partial charge in [0.25, 0.3) is 0 Å². The number of halogens is 2. The minimum Gasteiger partial charge on any atom is -0.478 e. The Hall–Kier alpha value is -2.18. The highest BCUT2D eigenvalue weighted by Crippen LogP contribution is 2.33. The van der Waals surface area contributed by atoms with E-state index in [0.29, 0.717) is 12.0 Å². The molecule has 1 saturated carbocycles. The Morgan fingerprint density at radius 3 is 2.57 bits per heavy atom. The van der Waals surface area contributed by atoms with Crippen LogP contribution in [0.3, 0.4) is 0 Å². The van der Waals surface area contributed by atoms with Crippen molar-refractivity contribution in [1.82, 2.24) is 5.32 Å². The number of rotatable bonds is 5. The molecule has 0 bridgehead atoms. The summed E-state index contributed by atoms with van der Waals surface area (Å²) in [6, 6.07) is 0.482. The van der Waals surface area contributed by atoms with Crippen LogP contribution in [-0.4, -0.2) is 23.1 Å². The molecular formula is C14H16F2N2O3. The number of amides is 2. The molecule has 1 fully saturated rings. The van der Waals surface area contributed by atoms with Gasteiger partial charge in [-0.15, -0.1) is 0 Å². The van der Waals surface area contributed by atoms with Crippen LogP contribution in [0.2, 0.25) is 0 Å². The van der Waals surface area contributed by atoms with Crippen LogP contribution in [0, 0.1) is 17.6 Å². The molecule has 1 atom stereocenters. The molecule has 1 unspecified atom stereocenters. The summed E-state index contributed by atoms with van der Waals surface area (Å²) in [5.74, 6) is -3.12. The maximum Gasteiger partial charge on any atom is 0.338 e. The van der Waals surface area contributed by atoms with Gasteiger partial charge in [-0.25, -0.2) is 18.4 Å². The lowest BCUT2D eigenvalue weighted by Gasteiger charge is -2.15. The Morgan fingerprint density at radius 1 is 1.33 bits per heavy atom. The zero-order chi connectivity index (χ0) is 15.6. The number of hydrogen-bond acceptors (Lipinski definition) is 2. The fraction of sp³-hybridized carbons (Fsp3) is 0.429. The van der Waals surface area contributed by atoms with Crippen molar-refractivity contribution in [2.45, 2.75) is 32.2 Å². The molecule has 0 aromatic heterocycles. The number of hydrogen-bond donors (Lipinski definition) is 3. The summed E-state index contributed by atoms with van der Waals surface area (Å²) < 4.78 is 26.8. The maximum absolute atomic E-state index is 13.5. The number of carbonyl (C=O) groups excluding carboxylic acids is 1. The van der Waals surface area contributed by atoms with E-state index in [1.54, 1.807) is 0 Å². The normalized spacial score (nSPS) is 15.4. The molecule has 5 nitrogen and oxygen atoms in total. The molecule has 2 rings (SSSR count). The van der Waals surface area contributed by atoms with Crippen LogP contribution in [-0.2, 0) is 0 Å². The van der Waals surface area contributed by atoms with Crippen LogP contribution in [0.4, 0.5) is 19.3 Å². The molecular weight excluding hydrogens is 282 g/mol. The standard InChI is InChI=1S/C14H16F2N2O3/c1-7(4-8-2-3-8)17-14(21)18-12-5-9(13(19)20)10(15)6-11(12)16/h5-8H,2-4H2,1H3,(H,19,20)(H2,17,18,21). The first-order chi connectivity index (χ1) is 9.86. The predicted octanol–water partition coefficient (Wildman–Crippen LogP) is 2.97. The molecule has 1 aliphatic carbocycles. The van der Waals surface area contributed by atoms with Gasteiger partial charge in [-0.2, -0.15) is 0 Å². The summed E-state index contributed by atoms with van der Waals surface area (Å²) in [6.07, 6.45) is 3.16. The number of carboxylic acid groups (broad SMARTS) is 1. The molecule has 0 saturated heterocycles. The van der Waals surface area contributed by atoms with E-state index in [-0.39, 0.29) is 11.7 Å². The van der Waals surface area contributed by atoms with Gasteiger partial charge in [0.1, 0.15) is 11.6 Å². The van der Waals surface area contributed by atoms with Crippen LogP contribution < -0.4 is 10.6 Å². The third kappa shape index (κ3) is 4.14. The molecule has 3 N–H and O–H groups in total. The summed E-state index contributed by atoms with van der Waals surface area (Å²) in [5, 5.41) is 13.6. The highest BCUT2D eigenvalue weighted by atomic mass is 19.1. The monoisotopic (exact) mass is 298 g/mol. The first-order valence-corrected chi connectivity index (χ1v) is 6.66. The summed E-state index contributed by atoms with van der Waals surface area (Å²) in [5.41, 5.74) is -1.07. The van der Waals surface area contributed by atoms with Gasteiger partial charge in [0.2, 0.25) is 0 Å². The topological polar surface area (TPSA) is 78.4 Å². The number of nitrogens with one attached hydrogen (secondary N) is 2. The number of carbonyl (C=O) groups is 2. The number of carboxylic acids is 1. The number of aromatic carboxylic acids is 1. The maximum atomic E-state index is 13.5. The van der Waals surface area contributed by atoms with E-state index in [9.17, 15) is 18.4 Å². The minimum atomic E-state index is -1.53. The van der Waals surface area contributed by atoms with Crippen molar-refractivity contribution in [1.29, 1.82) is 0 Å². The molecule has 0 radical (unpaired) electrons. The zero-order valence-electron chi connectivity index (χ0n) is 11.5. The molecule has 2 amide bonds. The largest absolute Gasteiger partial charge is 0.478 e. The fourth-order valence-corrected chi connectivity index (χ4v) is 2.10. The van der Waals surface area contributed by atoms with Crippen LogP contribution in [0.1, 0.15) is 36.5 Å². The van der Waals surface area contributed by atoms with Gasteiger partial charge in [-0.3, -0.25) is 0 Å². The Kier molecular flexibility index (Phi) is 4.40. The van der Waals surface area contributed by atoms with Gasteiger partial charge in [-0.05, 0) is 25.3 Å². The van der Waals surface area contributed by atoms with E-state index in [1.807, 2.05) is 6.92 Å². The molecule has 1 aromatic carbocycles. The smallest absolute Gasteiger partial charge is 0.338 e. The van der Waals surface area contributed by atoms with Crippen molar-refractivity contribution < 1.29 is 23.5 Å². The average molecular weight is 298 g/mol. The van der Waals surface area contributed by atoms with Gasteiger partial charge in [0, 0.05) is 12.1 Å². The fourth-order valence-electron chi connectivity index (χ4n) is 2.10. The van der Waals surface area contributed by atoms with Crippen molar-refractivity contribution in [2.75, 3.05) is 5.32 Å². The second kappa shape index (κ2) is 6.07. The molecule has 114 valence electrons. The van der Waals surface area contributed by atoms with Crippen molar-refractivity contribution >= 4 is 17.7 Å². The average Bonchev–Trinajstić information content (AvgIpc) is 3.15. The molecule has 0 spiro atoms. The summed E-state index contributed by atoms with van der Waals surface area (Å²) >= 11 is 0. The highest BCUT2D eigenvalue weighted by molar-refractivity contribution is 5.93. The van der Waals surface area contributed by atoms with Crippen molar-refractivity contribution in [3.63, 3.8) is 0 Å². The van der Waals surface area contributed by atoms with Crippen LogP contribution in [0.5, 0.6) is 0 Å². The van der Waals surface area contributed by atoms with E-state index < -0.39 is 29.2 Å². The molecule has 1 aromatic rings. The Labute approximate surface area is 120 Å². The van der Waals surface area contributed by atoms with Crippen molar-refractivity contribution in [3.05, 3.63) is 29.3 Å². The van der Waals surface area contributed by atoms with Crippen LogP contribution in [0.15, 0.2) is 12.1 Å². The van der Waals surface area contributed by atoms with E-state index in [1.165, 1.54) is 0 Å². The number of anilines is 1. The van der Waals surface area contributed by atoms with Crippen LogP contribution in [0.25, 0.3) is 0 Å². The van der Waals surface area contributed by atoms with Gasteiger partial charge in [-0.1, -0.05) is 12.8 Å². The molecule has 0 aliphatic heterocycles. The van der Waals surface area contributed by atoms with E-state index >= 15 is 0 Å². The highest BCUT2D eigenvalue weighted by Gasteiger charge is 2.24. The van der Waals surface area contributed by atoms with Crippen LogP contribution >= 0.6 is 0 Å². The van der Waals surface area contributed by atoms with Gasteiger partial charge < -0.3 is 15.7 Å². The van der Waals surface area contributed by atoms with E-state index in [4.69, 9.17) is 5.11 Å². The van der Waals surface area contributed by atoms with E-state index in [0.717, 1.165) is 25.3 Å². The summed E-state index contributed by atoms with van der Waals surface area (Å²) in [7, 11) is 0. The molecule has 7 heteroatoms. The summed E-state index contributed by atoms with van der Waals surface area (Å²) in [6.45, 7) is 1.83. The van der Waals surface area contributed by atoms with Crippen molar-refractivity contribution in [3.8, 4) is 0 Å². The second-order valence-electron chi connectivity index (χ2n) is 5.30. The number of benzene rings is 1. The molecule has 1 aliphatic rings. The third-order valence-corrected chi connectivity index (χ3v) is 3.30. The van der Waals surface area contributed by atoms with E-state index in [2.05, 4.69) is 10.6 Å².